The van der Waals surface area contributed by atoms with E-state index in [1.165, 1.54) is 45.4 Å². The molecule has 2 nitrogen and oxygen atoms in total. The summed E-state index contributed by atoms with van der Waals surface area (Å²) in [6.45, 7) is 7.26. The number of rotatable bonds is 5. The van der Waals surface area contributed by atoms with Gasteiger partial charge in [0.05, 0.1) is 0 Å². The van der Waals surface area contributed by atoms with Crippen molar-refractivity contribution in [2.75, 3.05) is 26.2 Å². The van der Waals surface area contributed by atoms with Crippen molar-refractivity contribution in [2.24, 2.45) is 17.8 Å². The van der Waals surface area contributed by atoms with Gasteiger partial charge >= 0.3 is 0 Å². The summed E-state index contributed by atoms with van der Waals surface area (Å²) in [5, 5.41) is 7.03. The molecule has 76 valence electrons. The molecule has 2 aliphatic rings. The molecule has 0 aromatic carbocycles. The first-order chi connectivity index (χ1) is 6.36. The summed E-state index contributed by atoms with van der Waals surface area (Å²) in [4.78, 5) is 0. The monoisotopic (exact) mass is 182 g/mol. The van der Waals surface area contributed by atoms with Crippen LogP contribution in [0.25, 0.3) is 0 Å². The maximum absolute atomic E-state index is 3.59. The van der Waals surface area contributed by atoms with E-state index in [2.05, 4.69) is 17.6 Å². The molecule has 2 rings (SSSR count). The Bertz CT molecular complexity index is 154. The third-order valence-corrected chi connectivity index (χ3v) is 3.51. The first-order valence-corrected chi connectivity index (χ1v) is 5.77. The van der Waals surface area contributed by atoms with E-state index in [-0.39, 0.29) is 0 Å². The molecule has 0 aromatic rings. The van der Waals surface area contributed by atoms with Crippen LogP contribution in [0.15, 0.2) is 0 Å². The lowest BCUT2D eigenvalue weighted by molar-refractivity contribution is 0.416. The lowest BCUT2D eigenvalue weighted by Gasteiger charge is -2.14. The maximum Gasteiger partial charge on any atom is -0.000523 e. The smallest absolute Gasteiger partial charge is 0.000523 e. The van der Waals surface area contributed by atoms with E-state index < -0.39 is 0 Å². The third-order valence-electron chi connectivity index (χ3n) is 3.51. The highest BCUT2D eigenvalue weighted by Crippen LogP contribution is 2.31. The van der Waals surface area contributed by atoms with Gasteiger partial charge in [0.2, 0.25) is 0 Å². The van der Waals surface area contributed by atoms with Crippen molar-refractivity contribution >= 4 is 0 Å². The molecule has 0 bridgehead atoms. The first-order valence-electron chi connectivity index (χ1n) is 5.77. The van der Waals surface area contributed by atoms with E-state index in [0.29, 0.717) is 0 Å². The quantitative estimate of drug-likeness (QED) is 0.625. The molecular formula is C11H22N2. The Hall–Kier alpha value is -0.0800. The molecule has 2 atom stereocenters. The van der Waals surface area contributed by atoms with Gasteiger partial charge in [-0.3, -0.25) is 0 Å². The minimum atomic E-state index is 0.869. The van der Waals surface area contributed by atoms with E-state index >= 15 is 0 Å². The summed E-state index contributed by atoms with van der Waals surface area (Å²) in [5.74, 6) is 2.82. The molecule has 0 spiro atoms. The van der Waals surface area contributed by atoms with E-state index in [4.69, 9.17) is 0 Å². The normalized spacial score (nSPS) is 33.9. The van der Waals surface area contributed by atoms with Gasteiger partial charge in [-0.25, -0.2) is 0 Å². The average molecular weight is 182 g/mol. The standard InChI is InChI=1S/C11H22N2/c1-9-6-13-8-11(9)7-12-5-4-10-2-3-10/h9-13H,2-8H2,1H3. The summed E-state index contributed by atoms with van der Waals surface area (Å²) < 4.78 is 0. The van der Waals surface area contributed by atoms with E-state index in [1.54, 1.807) is 0 Å². The van der Waals surface area contributed by atoms with Crippen molar-refractivity contribution in [3.05, 3.63) is 0 Å². The average Bonchev–Trinajstić information content (AvgIpc) is 2.86. The Kier molecular flexibility index (Phi) is 3.23. The second-order valence-corrected chi connectivity index (χ2v) is 4.83. The number of hydrogen-bond donors (Lipinski definition) is 2. The Morgan fingerprint density at radius 3 is 2.77 bits per heavy atom. The SMILES string of the molecule is CC1CNCC1CNCCC1CC1. The molecule has 2 N–H and O–H groups in total. The van der Waals surface area contributed by atoms with Crippen molar-refractivity contribution in [3.8, 4) is 0 Å². The molecule has 1 aliphatic carbocycles. The second kappa shape index (κ2) is 4.43. The van der Waals surface area contributed by atoms with Gasteiger partial charge in [-0.15, -0.1) is 0 Å². The van der Waals surface area contributed by atoms with Crippen LogP contribution in [-0.4, -0.2) is 26.2 Å². The molecule has 1 saturated heterocycles. The molecule has 1 aliphatic heterocycles. The molecule has 1 heterocycles. The topological polar surface area (TPSA) is 24.1 Å². The second-order valence-electron chi connectivity index (χ2n) is 4.83. The summed E-state index contributed by atoms with van der Waals surface area (Å²) >= 11 is 0. The van der Waals surface area contributed by atoms with Gasteiger partial charge in [0.1, 0.15) is 0 Å². The molecular weight excluding hydrogens is 160 g/mol. The van der Waals surface area contributed by atoms with Crippen LogP contribution in [0, 0.1) is 17.8 Å². The highest BCUT2D eigenvalue weighted by molar-refractivity contribution is 4.80. The van der Waals surface area contributed by atoms with Gasteiger partial charge < -0.3 is 10.6 Å². The van der Waals surface area contributed by atoms with E-state index in [9.17, 15) is 0 Å². The summed E-state index contributed by atoms with van der Waals surface area (Å²) in [6, 6.07) is 0. The highest BCUT2D eigenvalue weighted by atomic mass is 14.9. The van der Waals surface area contributed by atoms with Crippen LogP contribution >= 0.6 is 0 Å². The van der Waals surface area contributed by atoms with Gasteiger partial charge in [-0.05, 0) is 50.4 Å². The van der Waals surface area contributed by atoms with E-state index in [1.807, 2.05) is 0 Å². The predicted molar refractivity (Wildman–Crippen MR) is 55.7 cm³/mol. The van der Waals surface area contributed by atoms with Crippen LogP contribution in [0.1, 0.15) is 26.2 Å². The molecule has 1 saturated carbocycles. The maximum atomic E-state index is 3.59. The van der Waals surface area contributed by atoms with Crippen molar-refractivity contribution < 1.29 is 0 Å². The van der Waals surface area contributed by atoms with Crippen molar-refractivity contribution in [2.45, 2.75) is 26.2 Å². The zero-order chi connectivity index (χ0) is 9.10. The Balaban J connectivity index is 1.51. The summed E-state index contributed by atoms with van der Waals surface area (Å²) in [7, 11) is 0. The van der Waals surface area contributed by atoms with E-state index in [0.717, 1.165) is 17.8 Å². The molecule has 0 aromatic heterocycles. The van der Waals surface area contributed by atoms with Crippen molar-refractivity contribution in [1.82, 2.24) is 10.6 Å². The Morgan fingerprint density at radius 2 is 2.15 bits per heavy atom. The molecule has 13 heavy (non-hydrogen) atoms. The van der Waals surface area contributed by atoms with Gasteiger partial charge in [-0.2, -0.15) is 0 Å². The Morgan fingerprint density at radius 1 is 1.31 bits per heavy atom. The Labute approximate surface area is 81.5 Å². The summed E-state index contributed by atoms with van der Waals surface area (Å²) in [5.41, 5.74) is 0. The fourth-order valence-electron chi connectivity index (χ4n) is 2.14. The fourth-order valence-corrected chi connectivity index (χ4v) is 2.14. The highest BCUT2D eigenvalue weighted by Gasteiger charge is 2.23. The van der Waals surface area contributed by atoms with Crippen LogP contribution in [0.2, 0.25) is 0 Å². The zero-order valence-corrected chi connectivity index (χ0v) is 8.68. The van der Waals surface area contributed by atoms with Gasteiger partial charge in [0.25, 0.3) is 0 Å². The summed E-state index contributed by atoms with van der Waals surface area (Å²) in [6.07, 6.45) is 4.39. The van der Waals surface area contributed by atoms with Gasteiger partial charge in [0.15, 0.2) is 0 Å². The zero-order valence-electron chi connectivity index (χ0n) is 8.68. The lowest BCUT2D eigenvalue weighted by Crippen LogP contribution is -2.27. The third kappa shape index (κ3) is 2.96. The van der Waals surface area contributed by atoms with Crippen LogP contribution in [0.4, 0.5) is 0 Å². The van der Waals surface area contributed by atoms with Crippen LogP contribution in [0.5, 0.6) is 0 Å². The number of hydrogen-bond acceptors (Lipinski definition) is 2. The van der Waals surface area contributed by atoms with Crippen LogP contribution in [-0.2, 0) is 0 Å². The fraction of sp³-hybridized carbons (Fsp3) is 1.00. The van der Waals surface area contributed by atoms with Gasteiger partial charge in [0, 0.05) is 0 Å². The molecule has 0 radical (unpaired) electrons. The largest absolute Gasteiger partial charge is 0.316 e. The van der Waals surface area contributed by atoms with Crippen LogP contribution < -0.4 is 10.6 Å². The van der Waals surface area contributed by atoms with Crippen molar-refractivity contribution in [1.29, 1.82) is 0 Å². The predicted octanol–water partition coefficient (Wildman–Crippen LogP) is 1.23. The minimum absolute atomic E-state index is 0.869. The van der Waals surface area contributed by atoms with Gasteiger partial charge in [-0.1, -0.05) is 19.8 Å². The molecule has 2 fully saturated rings. The first kappa shape index (κ1) is 9.47. The number of nitrogens with one attached hydrogen (secondary N) is 2. The molecule has 2 heteroatoms. The van der Waals surface area contributed by atoms with Crippen molar-refractivity contribution in [3.63, 3.8) is 0 Å². The molecule has 2 unspecified atom stereocenters. The minimum Gasteiger partial charge on any atom is -0.316 e. The van der Waals surface area contributed by atoms with Crippen LogP contribution in [0.3, 0.4) is 0 Å². The molecule has 0 amide bonds. The lowest BCUT2D eigenvalue weighted by atomic mass is 9.98.